The molecular weight excluding hydrogens is 361 g/mol. The standard InChI is InChI=1S/C15H10ClF3N4S/c1-2-7-24-14-21-12(15(17,18)19)8-13(22-14)23-20-9-10-3-5-11(16)6-4-10/h1,3-6,8-9H,7H2,(H,21,22,23). The number of terminal acetylenes is 1. The summed E-state index contributed by atoms with van der Waals surface area (Å²) in [5.74, 6) is 2.38. The van der Waals surface area contributed by atoms with E-state index in [-0.39, 0.29) is 16.7 Å². The molecule has 24 heavy (non-hydrogen) atoms. The average molecular weight is 371 g/mol. The van der Waals surface area contributed by atoms with Crippen LogP contribution in [0.25, 0.3) is 0 Å². The van der Waals surface area contributed by atoms with E-state index in [0.29, 0.717) is 5.02 Å². The van der Waals surface area contributed by atoms with Crippen molar-refractivity contribution in [3.8, 4) is 12.3 Å². The Balaban J connectivity index is 2.18. The summed E-state index contributed by atoms with van der Waals surface area (Å²) in [4.78, 5) is 7.38. The molecule has 2 rings (SSSR count). The van der Waals surface area contributed by atoms with Gasteiger partial charge < -0.3 is 0 Å². The number of benzene rings is 1. The molecular formula is C15H10ClF3N4S. The maximum absolute atomic E-state index is 12.9. The van der Waals surface area contributed by atoms with Gasteiger partial charge in [0, 0.05) is 11.1 Å². The Bertz CT molecular complexity index is 770. The smallest absolute Gasteiger partial charge is 0.261 e. The van der Waals surface area contributed by atoms with Crippen molar-refractivity contribution in [2.24, 2.45) is 5.10 Å². The van der Waals surface area contributed by atoms with Crippen molar-refractivity contribution < 1.29 is 13.2 Å². The lowest BCUT2D eigenvalue weighted by Crippen LogP contribution is -2.10. The van der Waals surface area contributed by atoms with E-state index in [1.54, 1.807) is 24.3 Å². The number of nitrogens with zero attached hydrogens (tertiary/aromatic N) is 3. The summed E-state index contributed by atoms with van der Waals surface area (Å²) < 4.78 is 38.6. The predicted octanol–water partition coefficient (Wildman–Crippen LogP) is 4.32. The fraction of sp³-hybridized carbons (Fsp3) is 0.133. The van der Waals surface area contributed by atoms with Gasteiger partial charge in [0.2, 0.25) is 0 Å². The zero-order valence-electron chi connectivity index (χ0n) is 12.0. The van der Waals surface area contributed by atoms with E-state index >= 15 is 0 Å². The van der Waals surface area contributed by atoms with Crippen LogP contribution in [0.1, 0.15) is 11.3 Å². The molecule has 0 unspecified atom stereocenters. The maximum Gasteiger partial charge on any atom is 0.433 e. The first-order valence-electron chi connectivity index (χ1n) is 6.45. The molecule has 0 fully saturated rings. The number of aromatic nitrogens is 2. The molecule has 1 aromatic heterocycles. The molecule has 4 nitrogen and oxygen atoms in total. The van der Waals surface area contributed by atoms with Gasteiger partial charge in [0.25, 0.3) is 0 Å². The summed E-state index contributed by atoms with van der Waals surface area (Å²) in [6.07, 6.45) is 1.93. The van der Waals surface area contributed by atoms with Crippen molar-refractivity contribution in [2.75, 3.05) is 11.2 Å². The van der Waals surface area contributed by atoms with Crippen LogP contribution in [0.15, 0.2) is 40.6 Å². The SMILES string of the molecule is C#CCSc1nc(NN=Cc2ccc(Cl)cc2)cc(C(F)(F)F)n1. The molecule has 0 bridgehead atoms. The zero-order chi connectivity index (χ0) is 17.6. The van der Waals surface area contributed by atoms with E-state index < -0.39 is 11.9 Å². The lowest BCUT2D eigenvalue weighted by molar-refractivity contribution is -0.141. The molecule has 0 aliphatic rings. The van der Waals surface area contributed by atoms with Crippen molar-refractivity contribution in [2.45, 2.75) is 11.3 Å². The van der Waals surface area contributed by atoms with E-state index in [9.17, 15) is 13.2 Å². The van der Waals surface area contributed by atoms with E-state index in [4.69, 9.17) is 18.0 Å². The van der Waals surface area contributed by atoms with Gasteiger partial charge in [-0.25, -0.2) is 9.97 Å². The zero-order valence-corrected chi connectivity index (χ0v) is 13.6. The predicted molar refractivity (Wildman–Crippen MR) is 89.3 cm³/mol. The summed E-state index contributed by atoms with van der Waals surface area (Å²) in [6.45, 7) is 0. The van der Waals surface area contributed by atoms with Gasteiger partial charge in [-0.3, -0.25) is 5.43 Å². The lowest BCUT2D eigenvalue weighted by atomic mass is 10.2. The van der Waals surface area contributed by atoms with Crippen molar-refractivity contribution in [3.63, 3.8) is 0 Å². The van der Waals surface area contributed by atoms with Gasteiger partial charge in [-0.15, -0.1) is 6.42 Å². The molecule has 1 N–H and O–H groups in total. The monoisotopic (exact) mass is 370 g/mol. The minimum absolute atomic E-state index is 0.0769. The minimum atomic E-state index is -4.59. The largest absolute Gasteiger partial charge is 0.433 e. The highest BCUT2D eigenvalue weighted by Crippen LogP contribution is 2.30. The normalized spacial score (nSPS) is 11.5. The molecule has 1 heterocycles. The van der Waals surface area contributed by atoms with Crippen LogP contribution in [-0.4, -0.2) is 21.9 Å². The van der Waals surface area contributed by atoms with Crippen LogP contribution in [-0.2, 0) is 6.18 Å². The summed E-state index contributed by atoms with van der Waals surface area (Å²) in [6, 6.07) is 7.54. The maximum atomic E-state index is 12.9. The lowest BCUT2D eigenvalue weighted by Gasteiger charge is -2.09. The van der Waals surface area contributed by atoms with Gasteiger partial charge in [-0.1, -0.05) is 41.4 Å². The second-order valence-corrected chi connectivity index (χ2v) is 5.71. The number of hydrazone groups is 1. The average Bonchev–Trinajstić information content (AvgIpc) is 2.54. The first kappa shape index (κ1) is 18.1. The van der Waals surface area contributed by atoms with E-state index in [2.05, 4.69) is 26.4 Å². The fourth-order valence-corrected chi connectivity index (χ4v) is 2.18. The number of alkyl halides is 3. The van der Waals surface area contributed by atoms with Crippen LogP contribution in [0, 0.1) is 12.3 Å². The summed E-state index contributed by atoms with van der Waals surface area (Å²) in [5.41, 5.74) is 2.11. The Morgan fingerprint density at radius 3 is 2.62 bits per heavy atom. The van der Waals surface area contributed by atoms with E-state index in [1.165, 1.54) is 6.21 Å². The van der Waals surface area contributed by atoms with Gasteiger partial charge in [0.05, 0.1) is 12.0 Å². The molecule has 0 amide bonds. The van der Waals surface area contributed by atoms with Gasteiger partial charge in [-0.05, 0) is 17.7 Å². The van der Waals surface area contributed by atoms with Crippen LogP contribution in [0.4, 0.5) is 19.0 Å². The van der Waals surface area contributed by atoms with Gasteiger partial charge in [-0.2, -0.15) is 18.3 Å². The Morgan fingerprint density at radius 1 is 1.29 bits per heavy atom. The highest BCUT2D eigenvalue weighted by Gasteiger charge is 2.33. The Hall–Kier alpha value is -2.24. The highest BCUT2D eigenvalue weighted by atomic mass is 35.5. The van der Waals surface area contributed by atoms with Crippen molar-refractivity contribution >= 4 is 35.4 Å². The van der Waals surface area contributed by atoms with Crippen LogP contribution in [0.2, 0.25) is 5.02 Å². The molecule has 124 valence electrons. The minimum Gasteiger partial charge on any atom is -0.261 e. The number of halogens is 4. The van der Waals surface area contributed by atoms with Gasteiger partial charge in [0.15, 0.2) is 16.7 Å². The second kappa shape index (κ2) is 8.04. The highest BCUT2D eigenvalue weighted by molar-refractivity contribution is 7.99. The van der Waals surface area contributed by atoms with Gasteiger partial charge >= 0.3 is 6.18 Å². The Labute approximate surface area is 145 Å². The number of hydrogen-bond donors (Lipinski definition) is 1. The molecule has 0 aliphatic carbocycles. The molecule has 1 aromatic carbocycles. The van der Waals surface area contributed by atoms with Gasteiger partial charge in [0.1, 0.15) is 0 Å². The van der Waals surface area contributed by atoms with Crippen LogP contribution in [0.5, 0.6) is 0 Å². The van der Waals surface area contributed by atoms with Crippen LogP contribution in [0.3, 0.4) is 0 Å². The summed E-state index contributed by atoms with van der Waals surface area (Å²) in [7, 11) is 0. The second-order valence-electron chi connectivity index (χ2n) is 4.33. The van der Waals surface area contributed by atoms with E-state index in [1.807, 2.05) is 0 Å². The number of anilines is 1. The van der Waals surface area contributed by atoms with Crippen molar-refractivity contribution in [1.29, 1.82) is 0 Å². The number of thioether (sulfide) groups is 1. The molecule has 9 heteroatoms. The van der Waals surface area contributed by atoms with Crippen LogP contribution >= 0.6 is 23.4 Å². The quantitative estimate of drug-likeness (QED) is 0.280. The van der Waals surface area contributed by atoms with Crippen molar-refractivity contribution in [1.82, 2.24) is 9.97 Å². The fourth-order valence-electron chi connectivity index (χ4n) is 1.52. The first-order valence-corrected chi connectivity index (χ1v) is 7.82. The molecule has 0 saturated carbocycles. The number of rotatable bonds is 5. The molecule has 0 atom stereocenters. The molecule has 2 aromatic rings. The topological polar surface area (TPSA) is 50.2 Å². The number of hydrogen-bond acceptors (Lipinski definition) is 5. The molecule has 0 aliphatic heterocycles. The Morgan fingerprint density at radius 2 is 2.00 bits per heavy atom. The van der Waals surface area contributed by atoms with E-state index in [0.717, 1.165) is 23.4 Å². The third-order valence-electron chi connectivity index (χ3n) is 2.54. The third-order valence-corrected chi connectivity index (χ3v) is 3.55. The third kappa shape index (κ3) is 5.44. The Kier molecular flexibility index (Phi) is 6.06. The van der Waals surface area contributed by atoms with Crippen molar-refractivity contribution in [3.05, 3.63) is 46.6 Å². The summed E-state index contributed by atoms with van der Waals surface area (Å²) >= 11 is 6.69. The molecule has 0 saturated heterocycles. The summed E-state index contributed by atoms with van der Waals surface area (Å²) in [5, 5.41) is 4.35. The number of nitrogens with one attached hydrogen (secondary N) is 1. The molecule has 0 spiro atoms. The molecule has 0 radical (unpaired) electrons. The van der Waals surface area contributed by atoms with Crippen LogP contribution < -0.4 is 5.43 Å². The first-order chi connectivity index (χ1) is 11.4.